The smallest absolute Gasteiger partial charge is 0.0237 e. The maximum absolute atomic E-state index is 5.64. The predicted octanol–water partition coefficient (Wildman–Crippen LogP) is 4.06. The predicted molar refractivity (Wildman–Crippen MR) is 94.5 cm³/mol. The number of nitrogens with two attached hydrogens (primary N) is 1. The molecule has 0 aromatic heterocycles. The molecule has 2 N–H and O–H groups in total. The van der Waals surface area contributed by atoms with E-state index in [-0.39, 0.29) is 0 Å². The summed E-state index contributed by atoms with van der Waals surface area (Å²) < 4.78 is 0. The van der Waals surface area contributed by atoms with Crippen LogP contribution in [-0.4, -0.2) is 18.0 Å². The molecule has 2 rings (SSSR count). The number of hydrogen-bond donors (Lipinski definition) is 1. The highest BCUT2D eigenvalue weighted by Gasteiger charge is 2.11. The monoisotopic (exact) mass is 296 g/mol. The Hall–Kier alpha value is -1.64. The van der Waals surface area contributed by atoms with Crippen LogP contribution in [0.1, 0.15) is 30.9 Å². The second kappa shape index (κ2) is 9.39. The quantitative estimate of drug-likeness (QED) is 0.756. The molecule has 2 nitrogen and oxygen atoms in total. The molecule has 0 fully saturated rings. The minimum absolute atomic E-state index is 0.677. The number of benzene rings is 2. The van der Waals surface area contributed by atoms with Gasteiger partial charge in [0.2, 0.25) is 0 Å². The van der Waals surface area contributed by atoms with E-state index in [9.17, 15) is 0 Å². The van der Waals surface area contributed by atoms with Gasteiger partial charge >= 0.3 is 0 Å². The average molecular weight is 296 g/mol. The molecule has 22 heavy (non-hydrogen) atoms. The first-order valence-electron chi connectivity index (χ1n) is 8.28. The summed E-state index contributed by atoms with van der Waals surface area (Å²) in [4.78, 5) is 2.55. The molecule has 0 saturated carbocycles. The van der Waals surface area contributed by atoms with E-state index < -0.39 is 0 Å². The van der Waals surface area contributed by atoms with E-state index in [1.807, 2.05) is 0 Å². The topological polar surface area (TPSA) is 29.3 Å². The van der Waals surface area contributed by atoms with E-state index in [1.54, 1.807) is 0 Å². The summed E-state index contributed by atoms with van der Waals surface area (Å²) in [6.45, 7) is 6.25. The van der Waals surface area contributed by atoms with Crippen molar-refractivity contribution in [3.63, 3.8) is 0 Å². The van der Waals surface area contributed by atoms with Gasteiger partial charge in [-0.3, -0.25) is 4.90 Å². The van der Waals surface area contributed by atoms with Crippen molar-refractivity contribution in [3.05, 3.63) is 71.8 Å². The van der Waals surface area contributed by atoms with Crippen molar-refractivity contribution < 1.29 is 0 Å². The van der Waals surface area contributed by atoms with E-state index in [4.69, 9.17) is 5.73 Å². The summed E-state index contributed by atoms with van der Waals surface area (Å²) >= 11 is 0. The molecule has 0 aliphatic carbocycles. The third-order valence-electron chi connectivity index (χ3n) is 3.97. The first-order chi connectivity index (χ1) is 10.8. The Morgan fingerprint density at radius 2 is 1.36 bits per heavy atom. The fourth-order valence-corrected chi connectivity index (χ4v) is 2.87. The molecular weight excluding hydrogens is 268 g/mol. The Bertz CT molecular complexity index is 468. The first-order valence-corrected chi connectivity index (χ1v) is 8.28. The fraction of sp³-hybridized carbons (Fsp3) is 0.400. The van der Waals surface area contributed by atoms with Crippen LogP contribution < -0.4 is 5.73 Å². The van der Waals surface area contributed by atoms with E-state index in [0.717, 1.165) is 32.6 Å². The molecule has 0 aliphatic rings. The lowest BCUT2D eigenvalue weighted by Crippen LogP contribution is -2.28. The number of rotatable bonds is 9. The van der Waals surface area contributed by atoms with Crippen LogP contribution >= 0.6 is 0 Å². The van der Waals surface area contributed by atoms with Gasteiger partial charge in [0.1, 0.15) is 0 Å². The first kappa shape index (κ1) is 16.7. The minimum atomic E-state index is 0.677. The van der Waals surface area contributed by atoms with Crippen molar-refractivity contribution in [2.75, 3.05) is 13.1 Å². The Morgan fingerprint density at radius 3 is 1.82 bits per heavy atom. The van der Waals surface area contributed by atoms with Gasteiger partial charge in [-0.2, -0.15) is 0 Å². The minimum Gasteiger partial charge on any atom is -0.330 e. The zero-order valence-electron chi connectivity index (χ0n) is 13.6. The molecule has 0 radical (unpaired) electrons. The summed E-state index contributed by atoms with van der Waals surface area (Å²) in [5.41, 5.74) is 8.40. The molecule has 0 heterocycles. The van der Waals surface area contributed by atoms with Crippen LogP contribution in [0.15, 0.2) is 60.7 Å². The van der Waals surface area contributed by atoms with E-state index in [1.165, 1.54) is 17.5 Å². The fourth-order valence-electron chi connectivity index (χ4n) is 2.87. The molecular formula is C20H28N2. The maximum atomic E-state index is 5.64. The van der Waals surface area contributed by atoms with Gasteiger partial charge in [0, 0.05) is 19.6 Å². The largest absolute Gasteiger partial charge is 0.330 e. The SMILES string of the molecule is CC(CCCN)CN(Cc1ccccc1)Cc1ccccc1. The van der Waals surface area contributed by atoms with Crippen LogP contribution in [-0.2, 0) is 13.1 Å². The Balaban J connectivity index is 1.99. The Kier molecular flexibility index (Phi) is 7.14. The highest BCUT2D eigenvalue weighted by atomic mass is 15.1. The summed E-state index contributed by atoms with van der Waals surface area (Å²) in [5.74, 6) is 0.677. The summed E-state index contributed by atoms with van der Waals surface area (Å²) in [7, 11) is 0. The molecule has 118 valence electrons. The van der Waals surface area contributed by atoms with Gasteiger partial charge in [-0.05, 0) is 36.4 Å². The lowest BCUT2D eigenvalue weighted by Gasteiger charge is -2.26. The molecule has 2 heteroatoms. The molecule has 1 atom stereocenters. The van der Waals surface area contributed by atoms with Crippen molar-refractivity contribution in [1.82, 2.24) is 4.90 Å². The van der Waals surface area contributed by atoms with Crippen molar-refractivity contribution >= 4 is 0 Å². The van der Waals surface area contributed by atoms with E-state index in [0.29, 0.717) is 5.92 Å². The maximum Gasteiger partial charge on any atom is 0.0237 e. The van der Waals surface area contributed by atoms with Crippen molar-refractivity contribution in [3.8, 4) is 0 Å². The number of nitrogens with zero attached hydrogens (tertiary/aromatic N) is 1. The molecule has 0 saturated heterocycles. The van der Waals surface area contributed by atoms with Crippen molar-refractivity contribution in [1.29, 1.82) is 0 Å². The zero-order valence-corrected chi connectivity index (χ0v) is 13.6. The second-order valence-corrected chi connectivity index (χ2v) is 6.18. The van der Waals surface area contributed by atoms with Gasteiger partial charge in [0.05, 0.1) is 0 Å². The third kappa shape index (κ3) is 6.00. The summed E-state index contributed by atoms with van der Waals surface area (Å²) in [6.07, 6.45) is 2.32. The van der Waals surface area contributed by atoms with Crippen LogP contribution in [0.2, 0.25) is 0 Å². The average Bonchev–Trinajstić information content (AvgIpc) is 2.55. The second-order valence-electron chi connectivity index (χ2n) is 6.18. The van der Waals surface area contributed by atoms with Gasteiger partial charge in [-0.15, -0.1) is 0 Å². The molecule has 0 bridgehead atoms. The molecule has 0 aliphatic heterocycles. The Labute approximate surface area is 135 Å². The van der Waals surface area contributed by atoms with Crippen LogP contribution in [0.4, 0.5) is 0 Å². The summed E-state index contributed by atoms with van der Waals surface area (Å²) in [6, 6.07) is 21.5. The van der Waals surface area contributed by atoms with Crippen molar-refractivity contribution in [2.24, 2.45) is 11.7 Å². The van der Waals surface area contributed by atoms with Gasteiger partial charge in [-0.25, -0.2) is 0 Å². The molecule has 0 spiro atoms. The molecule has 1 unspecified atom stereocenters. The van der Waals surface area contributed by atoms with Gasteiger partial charge in [0.15, 0.2) is 0 Å². The van der Waals surface area contributed by atoms with Crippen molar-refractivity contribution in [2.45, 2.75) is 32.9 Å². The lowest BCUT2D eigenvalue weighted by atomic mass is 10.0. The highest BCUT2D eigenvalue weighted by Crippen LogP contribution is 2.14. The van der Waals surface area contributed by atoms with Gasteiger partial charge in [0.25, 0.3) is 0 Å². The highest BCUT2D eigenvalue weighted by molar-refractivity contribution is 5.17. The standard InChI is InChI=1S/C20H28N2/c1-18(9-8-14-21)15-22(16-19-10-4-2-5-11-19)17-20-12-6-3-7-13-20/h2-7,10-13,18H,8-9,14-17,21H2,1H3. The Morgan fingerprint density at radius 1 is 0.864 bits per heavy atom. The van der Waals surface area contributed by atoms with E-state index >= 15 is 0 Å². The van der Waals surface area contributed by atoms with Crippen LogP contribution in [0.3, 0.4) is 0 Å². The summed E-state index contributed by atoms with van der Waals surface area (Å²) in [5, 5.41) is 0. The lowest BCUT2D eigenvalue weighted by molar-refractivity contribution is 0.215. The normalized spacial score (nSPS) is 12.5. The molecule has 2 aromatic carbocycles. The molecule has 0 amide bonds. The van der Waals surface area contributed by atoms with Gasteiger partial charge < -0.3 is 5.73 Å². The zero-order chi connectivity index (χ0) is 15.6. The van der Waals surface area contributed by atoms with Crippen LogP contribution in [0, 0.1) is 5.92 Å². The third-order valence-corrected chi connectivity index (χ3v) is 3.97. The van der Waals surface area contributed by atoms with E-state index in [2.05, 4.69) is 72.5 Å². The molecule has 2 aromatic rings. The van der Waals surface area contributed by atoms with Gasteiger partial charge in [-0.1, -0.05) is 67.6 Å². The number of hydrogen-bond acceptors (Lipinski definition) is 2. The van der Waals surface area contributed by atoms with Crippen LogP contribution in [0.25, 0.3) is 0 Å². The van der Waals surface area contributed by atoms with Crippen LogP contribution in [0.5, 0.6) is 0 Å².